The van der Waals surface area contributed by atoms with Gasteiger partial charge in [0.25, 0.3) is 5.91 Å². The third-order valence-electron chi connectivity index (χ3n) is 5.83. The molecule has 2 aromatic rings. The van der Waals surface area contributed by atoms with Crippen LogP contribution in [0.5, 0.6) is 0 Å². The van der Waals surface area contributed by atoms with E-state index in [1.165, 1.54) is 18.9 Å². The van der Waals surface area contributed by atoms with Crippen molar-refractivity contribution in [2.45, 2.75) is 63.4 Å². The van der Waals surface area contributed by atoms with Crippen molar-refractivity contribution in [2.24, 2.45) is 5.92 Å². The number of carbonyl (C=O) groups is 1. The summed E-state index contributed by atoms with van der Waals surface area (Å²) in [4.78, 5) is 13.0. The lowest BCUT2D eigenvalue weighted by Gasteiger charge is -2.32. The number of hydrogen-bond acceptors (Lipinski definition) is 4. The second-order valence-electron chi connectivity index (χ2n) is 8.24. The van der Waals surface area contributed by atoms with E-state index >= 15 is 0 Å². The van der Waals surface area contributed by atoms with Gasteiger partial charge in [0.1, 0.15) is 5.82 Å². The summed E-state index contributed by atoms with van der Waals surface area (Å²) >= 11 is 0. The van der Waals surface area contributed by atoms with Gasteiger partial charge in [0, 0.05) is 30.3 Å². The van der Waals surface area contributed by atoms with Gasteiger partial charge in [0.05, 0.1) is 11.1 Å². The number of nitrogens with zero attached hydrogens (tertiary/aromatic N) is 3. The number of amides is 1. The summed E-state index contributed by atoms with van der Waals surface area (Å²) in [5.41, 5.74) is 1.22. The van der Waals surface area contributed by atoms with Crippen LogP contribution in [0.15, 0.2) is 35.4 Å². The quantitative estimate of drug-likeness (QED) is 0.782. The number of nitrogens with one attached hydrogen (secondary N) is 1. The van der Waals surface area contributed by atoms with Gasteiger partial charge in [-0.2, -0.15) is 9.40 Å². The first-order chi connectivity index (χ1) is 13.9. The van der Waals surface area contributed by atoms with E-state index in [-0.39, 0.29) is 16.8 Å². The second kappa shape index (κ2) is 7.91. The van der Waals surface area contributed by atoms with Crippen LogP contribution in [-0.4, -0.2) is 41.0 Å². The summed E-state index contributed by atoms with van der Waals surface area (Å²) in [6, 6.07) is 6.29. The van der Waals surface area contributed by atoms with E-state index in [9.17, 15) is 13.2 Å². The van der Waals surface area contributed by atoms with Crippen molar-refractivity contribution in [2.75, 3.05) is 11.9 Å². The summed E-state index contributed by atoms with van der Waals surface area (Å²) in [6.45, 7) is 5.17. The Morgan fingerprint density at radius 3 is 2.76 bits per heavy atom. The monoisotopic (exact) mass is 416 g/mol. The molecule has 156 valence electrons. The van der Waals surface area contributed by atoms with Crippen molar-refractivity contribution in [1.82, 2.24) is 14.1 Å². The first-order valence-corrected chi connectivity index (χ1v) is 11.8. The standard InChI is InChI=1S/C21H28N4O3S/c1-15-13-22-24(14-17-9-10-17)20(15)23-21(26)18-7-5-8-19(12-18)29(27,28)25-11-4-3-6-16(25)2/h5,7-8,12-13,16-17H,3-4,6,9-11,14H2,1-2H3,(H,23,26). The van der Waals surface area contributed by atoms with Gasteiger partial charge in [0.2, 0.25) is 10.0 Å². The summed E-state index contributed by atoms with van der Waals surface area (Å²) in [6.07, 6.45) is 6.92. The van der Waals surface area contributed by atoms with E-state index in [1.54, 1.807) is 28.7 Å². The topological polar surface area (TPSA) is 84.3 Å². The number of anilines is 1. The SMILES string of the molecule is Cc1cnn(CC2CC2)c1NC(=O)c1cccc(S(=O)(=O)N2CCCCC2C)c1. The highest BCUT2D eigenvalue weighted by molar-refractivity contribution is 7.89. The van der Waals surface area contributed by atoms with Crippen LogP contribution in [0.4, 0.5) is 5.82 Å². The lowest BCUT2D eigenvalue weighted by Crippen LogP contribution is -2.41. The maximum absolute atomic E-state index is 13.1. The molecule has 7 nitrogen and oxygen atoms in total. The van der Waals surface area contributed by atoms with E-state index in [0.717, 1.165) is 31.4 Å². The zero-order chi connectivity index (χ0) is 20.6. The number of aryl methyl sites for hydroxylation is 1. The summed E-state index contributed by atoms with van der Waals surface area (Å²) < 4.78 is 29.6. The normalized spacial score (nSPS) is 20.6. The molecule has 1 unspecified atom stereocenters. The predicted molar refractivity (Wildman–Crippen MR) is 111 cm³/mol. The number of hydrogen-bond donors (Lipinski definition) is 1. The Bertz CT molecular complexity index is 1010. The van der Waals surface area contributed by atoms with E-state index in [0.29, 0.717) is 23.8 Å². The molecule has 1 saturated carbocycles. The maximum Gasteiger partial charge on any atom is 0.256 e. The Morgan fingerprint density at radius 1 is 1.24 bits per heavy atom. The van der Waals surface area contributed by atoms with E-state index in [1.807, 2.05) is 18.5 Å². The fourth-order valence-corrected chi connectivity index (χ4v) is 5.61. The third-order valence-corrected chi connectivity index (χ3v) is 7.84. The van der Waals surface area contributed by atoms with Gasteiger partial charge < -0.3 is 5.32 Å². The summed E-state index contributed by atoms with van der Waals surface area (Å²) in [5.74, 6) is 0.985. The third kappa shape index (κ3) is 4.23. The van der Waals surface area contributed by atoms with Crippen LogP contribution in [0, 0.1) is 12.8 Å². The molecular formula is C21H28N4O3S. The molecule has 29 heavy (non-hydrogen) atoms. The van der Waals surface area contributed by atoms with Gasteiger partial charge in [0.15, 0.2) is 0 Å². The fourth-order valence-electron chi connectivity index (χ4n) is 3.87. The minimum Gasteiger partial charge on any atom is -0.307 e. The van der Waals surface area contributed by atoms with Gasteiger partial charge in [-0.25, -0.2) is 13.1 Å². The van der Waals surface area contributed by atoms with E-state index in [4.69, 9.17) is 0 Å². The van der Waals surface area contributed by atoms with Gasteiger partial charge in [-0.15, -0.1) is 0 Å². The molecule has 1 amide bonds. The number of carbonyl (C=O) groups excluding carboxylic acids is 1. The number of aromatic nitrogens is 2. The Hall–Kier alpha value is -2.19. The Balaban J connectivity index is 1.56. The van der Waals surface area contributed by atoms with Crippen LogP contribution >= 0.6 is 0 Å². The number of benzene rings is 1. The molecule has 1 N–H and O–H groups in total. The Labute approximate surface area is 172 Å². The Kier molecular flexibility index (Phi) is 5.48. The summed E-state index contributed by atoms with van der Waals surface area (Å²) in [7, 11) is -3.62. The molecule has 2 fully saturated rings. The molecule has 1 saturated heterocycles. The molecule has 0 bridgehead atoms. The van der Waals surface area contributed by atoms with Crippen LogP contribution < -0.4 is 5.32 Å². The first-order valence-electron chi connectivity index (χ1n) is 10.3. The van der Waals surface area contributed by atoms with E-state index in [2.05, 4.69) is 10.4 Å². The lowest BCUT2D eigenvalue weighted by molar-refractivity contribution is 0.102. The predicted octanol–water partition coefficient (Wildman–Crippen LogP) is 3.42. The highest BCUT2D eigenvalue weighted by Gasteiger charge is 2.31. The molecular weight excluding hydrogens is 388 g/mol. The fraction of sp³-hybridized carbons (Fsp3) is 0.524. The second-order valence-corrected chi connectivity index (χ2v) is 10.1. The zero-order valence-electron chi connectivity index (χ0n) is 17.0. The first kappa shape index (κ1) is 20.1. The van der Waals surface area contributed by atoms with Gasteiger partial charge in [-0.1, -0.05) is 12.5 Å². The molecule has 0 radical (unpaired) electrons. The molecule has 0 spiro atoms. The van der Waals surface area contributed by atoms with Crippen molar-refractivity contribution in [3.05, 3.63) is 41.6 Å². The van der Waals surface area contributed by atoms with Crippen molar-refractivity contribution in [1.29, 1.82) is 0 Å². The molecule has 1 aromatic heterocycles. The van der Waals surface area contributed by atoms with Gasteiger partial charge in [-0.3, -0.25) is 4.79 Å². The van der Waals surface area contributed by atoms with Crippen LogP contribution in [-0.2, 0) is 16.6 Å². The minimum absolute atomic E-state index is 0.0225. The average molecular weight is 417 g/mol. The van der Waals surface area contributed by atoms with Crippen LogP contribution in [0.25, 0.3) is 0 Å². The van der Waals surface area contributed by atoms with Crippen molar-refractivity contribution < 1.29 is 13.2 Å². The Morgan fingerprint density at radius 2 is 2.03 bits per heavy atom. The molecule has 2 heterocycles. The molecule has 1 atom stereocenters. The number of sulfonamides is 1. The minimum atomic E-state index is -3.62. The number of rotatable bonds is 6. The van der Waals surface area contributed by atoms with Gasteiger partial charge >= 0.3 is 0 Å². The smallest absolute Gasteiger partial charge is 0.256 e. The molecule has 2 aliphatic rings. The number of piperidine rings is 1. The van der Waals surface area contributed by atoms with Crippen molar-refractivity contribution >= 4 is 21.7 Å². The molecule has 4 rings (SSSR count). The van der Waals surface area contributed by atoms with Crippen molar-refractivity contribution in [3.8, 4) is 0 Å². The van der Waals surface area contributed by atoms with Crippen LogP contribution in [0.1, 0.15) is 54.9 Å². The molecule has 1 aliphatic heterocycles. The molecule has 1 aliphatic carbocycles. The molecule has 8 heteroatoms. The molecule has 1 aromatic carbocycles. The average Bonchev–Trinajstić information content (AvgIpc) is 3.47. The summed E-state index contributed by atoms with van der Waals surface area (Å²) in [5, 5.41) is 7.30. The van der Waals surface area contributed by atoms with Crippen LogP contribution in [0.3, 0.4) is 0 Å². The zero-order valence-corrected chi connectivity index (χ0v) is 17.8. The largest absolute Gasteiger partial charge is 0.307 e. The van der Waals surface area contributed by atoms with Crippen LogP contribution in [0.2, 0.25) is 0 Å². The highest BCUT2D eigenvalue weighted by Crippen LogP contribution is 2.32. The maximum atomic E-state index is 13.1. The van der Waals surface area contributed by atoms with E-state index < -0.39 is 10.0 Å². The highest BCUT2D eigenvalue weighted by atomic mass is 32.2. The van der Waals surface area contributed by atoms with Gasteiger partial charge in [-0.05, 0) is 63.6 Å². The van der Waals surface area contributed by atoms with Crippen molar-refractivity contribution in [3.63, 3.8) is 0 Å². The lowest BCUT2D eigenvalue weighted by atomic mass is 10.1.